The highest BCUT2D eigenvalue weighted by molar-refractivity contribution is 7.99. The van der Waals surface area contributed by atoms with Crippen LogP contribution in [0.2, 0.25) is 0 Å². The molecule has 5 aromatic rings. The number of pyridine rings is 1. The Balaban J connectivity index is 1.19. The lowest BCUT2D eigenvalue weighted by molar-refractivity contribution is -0.268. The van der Waals surface area contributed by atoms with Crippen LogP contribution in [0.15, 0.2) is 137 Å². The molecule has 4 aromatic carbocycles. The molecule has 2 heterocycles. The highest BCUT2D eigenvalue weighted by Crippen LogP contribution is 2.43. The van der Waals surface area contributed by atoms with Gasteiger partial charge in [0.2, 0.25) is 10.0 Å². The smallest absolute Gasteiger partial charge is 0.240 e. The molecule has 1 aliphatic heterocycles. The fraction of sp³-hybridized carbons (Fsp3) is 0.216. The fourth-order valence-corrected chi connectivity index (χ4v) is 7.53. The third-order valence-electron chi connectivity index (χ3n) is 8.12. The zero-order valence-corrected chi connectivity index (χ0v) is 27.0. The second kappa shape index (κ2) is 14.7. The Kier molecular flexibility index (Phi) is 10.3. The van der Waals surface area contributed by atoms with Gasteiger partial charge in [-0.3, -0.25) is 0 Å². The molecule has 1 fully saturated rings. The minimum atomic E-state index is -3.60. The van der Waals surface area contributed by atoms with Crippen LogP contribution in [0.4, 0.5) is 0 Å². The van der Waals surface area contributed by atoms with Crippen molar-refractivity contribution in [1.29, 1.82) is 0 Å². The van der Waals surface area contributed by atoms with Gasteiger partial charge in [-0.2, -0.15) is 0 Å². The van der Waals surface area contributed by atoms with Crippen LogP contribution in [0, 0.1) is 5.92 Å². The van der Waals surface area contributed by atoms with Crippen LogP contribution in [0.1, 0.15) is 41.6 Å². The summed E-state index contributed by atoms with van der Waals surface area (Å²) >= 11 is 1.67. The zero-order chi connectivity index (χ0) is 31.9. The summed E-state index contributed by atoms with van der Waals surface area (Å²) in [7, 11) is -3.60. The SMILES string of the molecule is C[C@H]1[C@@H](CSc2ccccn2)O[C@@H](c2ccc(-c3cccc(CNS(=O)(=O)c4ccccc4)c3)cc2)O[C@H]1c1ccc(CO)cc1. The Morgan fingerprint density at radius 2 is 1.52 bits per heavy atom. The van der Waals surface area contributed by atoms with Crippen molar-refractivity contribution in [2.45, 2.75) is 48.5 Å². The molecule has 4 atom stereocenters. The standard InChI is InChI=1S/C37H36N2O5S2/c1-26-34(25-45-35-12-5-6-21-38-35)43-37(44-36(26)30-15-13-27(24-40)14-16-30)31-19-17-29(18-20-31)32-9-7-8-28(22-32)23-39-46(41,42)33-10-3-2-4-11-33/h2-22,26,34,36-37,39-40H,23-25H2,1H3/t26-,34+,36+,37+/m0/s1. The first-order chi connectivity index (χ1) is 22.4. The first kappa shape index (κ1) is 32.1. The van der Waals surface area contributed by atoms with Crippen molar-refractivity contribution in [3.05, 3.63) is 150 Å². The number of benzene rings is 4. The molecule has 1 aromatic heterocycles. The predicted molar refractivity (Wildman–Crippen MR) is 180 cm³/mol. The van der Waals surface area contributed by atoms with Gasteiger partial charge in [0.15, 0.2) is 6.29 Å². The van der Waals surface area contributed by atoms with Gasteiger partial charge in [-0.05, 0) is 58.1 Å². The van der Waals surface area contributed by atoms with Crippen LogP contribution < -0.4 is 4.72 Å². The van der Waals surface area contributed by atoms with Crippen LogP contribution in [-0.4, -0.2) is 30.4 Å². The number of ether oxygens (including phenoxy) is 2. The number of aromatic nitrogens is 1. The maximum atomic E-state index is 12.7. The molecule has 2 N–H and O–H groups in total. The second-order valence-electron chi connectivity index (χ2n) is 11.3. The Bertz CT molecular complexity index is 1820. The van der Waals surface area contributed by atoms with Gasteiger partial charge in [0.25, 0.3) is 0 Å². The van der Waals surface area contributed by atoms with E-state index in [1.807, 2.05) is 91.0 Å². The summed E-state index contributed by atoms with van der Waals surface area (Å²) < 4.78 is 41.3. The molecule has 6 rings (SSSR count). The van der Waals surface area contributed by atoms with E-state index in [-0.39, 0.29) is 36.2 Å². The molecule has 0 unspecified atom stereocenters. The Hall–Kier alpha value is -3.83. The molecule has 1 aliphatic rings. The molecule has 7 nitrogen and oxygen atoms in total. The van der Waals surface area contributed by atoms with Crippen molar-refractivity contribution >= 4 is 21.8 Å². The lowest BCUT2D eigenvalue weighted by Gasteiger charge is -2.41. The molecule has 0 spiro atoms. The van der Waals surface area contributed by atoms with Gasteiger partial charge in [-0.15, -0.1) is 11.8 Å². The van der Waals surface area contributed by atoms with Crippen LogP contribution in [0.5, 0.6) is 0 Å². The van der Waals surface area contributed by atoms with E-state index in [4.69, 9.17) is 9.47 Å². The van der Waals surface area contributed by atoms with E-state index < -0.39 is 16.3 Å². The van der Waals surface area contributed by atoms with E-state index in [0.717, 1.165) is 44.2 Å². The minimum Gasteiger partial charge on any atom is -0.392 e. The molecule has 1 saturated heterocycles. The monoisotopic (exact) mass is 652 g/mol. The third kappa shape index (κ3) is 7.75. The van der Waals surface area contributed by atoms with E-state index in [2.05, 4.69) is 16.6 Å². The number of hydrogen-bond donors (Lipinski definition) is 2. The van der Waals surface area contributed by atoms with Gasteiger partial charge in [-0.25, -0.2) is 18.1 Å². The number of nitrogens with one attached hydrogen (secondary N) is 1. The average molecular weight is 653 g/mol. The van der Waals surface area contributed by atoms with E-state index in [9.17, 15) is 13.5 Å². The van der Waals surface area contributed by atoms with Crippen molar-refractivity contribution in [1.82, 2.24) is 9.71 Å². The second-order valence-corrected chi connectivity index (χ2v) is 14.1. The highest BCUT2D eigenvalue weighted by Gasteiger charge is 2.38. The topological polar surface area (TPSA) is 97.8 Å². The Labute approximate surface area is 274 Å². The van der Waals surface area contributed by atoms with Gasteiger partial charge in [0.05, 0.1) is 28.7 Å². The third-order valence-corrected chi connectivity index (χ3v) is 10.6. The van der Waals surface area contributed by atoms with Crippen LogP contribution in [-0.2, 0) is 32.6 Å². The first-order valence-corrected chi connectivity index (χ1v) is 17.6. The average Bonchev–Trinajstić information content (AvgIpc) is 3.11. The molecule has 0 radical (unpaired) electrons. The summed E-state index contributed by atoms with van der Waals surface area (Å²) in [5.74, 6) is 0.802. The largest absolute Gasteiger partial charge is 0.392 e. The van der Waals surface area contributed by atoms with E-state index in [1.54, 1.807) is 48.3 Å². The van der Waals surface area contributed by atoms with Crippen molar-refractivity contribution in [3.63, 3.8) is 0 Å². The molecule has 0 amide bonds. The number of thioether (sulfide) groups is 1. The molecule has 0 bridgehead atoms. The molecule has 236 valence electrons. The number of rotatable bonds is 11. The van der Waals surface area contributed by atoms with E-state index in [0.29, 0.717) is 0 Å². The summed E-state index contributed by atoms with van der Waals surface area (Å²) in [6.45, 7) is 2.33. The van der Waals surface area contributed by atoms with Crippen molar-refractivity contribution in [3.8, 4) is 11.1 Å². The molecule has 46 heavy (non-hydrogen) atoms. The Morgan fingerprint density at radius 1 is 0.783 bits per heavy atom. The summed E-state index contributed by atoms with van der Waals surface area (Å²) in [6.07, 6.45) is 0.938. The summed E-state index contributed by atoms with van der Waals surface area (Å²) in [5, 5.41) is 10.5. The normalized spacial score (nSPS) is 20.0. The molecule has 0 saturated carbocycles. The van der Waals surface area contributed by atoms with Gasteiger partial charge in [0, 0.05) is 30.0 Å². The minimum absolute atomic E-state index is 0.00497. The first-order valence-electron chi connectivity index (χ1n) is 15.2. The van der Waals surface area contributed by atoms with Crippen LogP contribution in [0.25, 0.3) is 11.1 Å². The van der Waals surface area contributed by atoms with E-state index in [1.165, 1.54) is 0 Å². The van der Waals surface area contributed by atoms with Gasteiger partial charge in [0.1, 0.15) is 0 Å². The Morgan fingerprint density at radius 3 is 2.24 bits per heavy atom. The van der Waals surface area contributed by atoms with Crippen molar-refractivity contribution in [2.24, 2.45) is 5.92 Å². The number of aliphatic hydroxyl groups excluding tert-OH is 1. The zero-order valence-electron chi connectivity index (χ0n) is 25.4. The molecule has 9 heteroatoms. The number of sulfonamides is 1. The summed E-state index contributed by atoms with van der Waals surface area (Å²) in [5.41, 5.74) is 5.65. The number of hydrogen-bond acceptors (Lipinski definition) is 7. The maximum absolute atomic E-state index is 12.7. The van der Waals surface area contributed by atoms with Crippen molar-refractivity contribution in [2.75, 3.05) is 5.75 Å². The van der Waals surface area contributed by atoms with Crippen LogP contribution >= 0.6 is 11.8 Å². The quantitative estimate of drug-likeness (QED) is 0.145. The summed E-state index contributed by atoms with van der Waals surface area (Å²) in [4.78, 5) is 4.70. The van der Waals surface area contributed by atoms with Gasteiger partial charge < -0.3 is 14.6 Å². The molecule has 0 aliphatic carbocycles. The highest BCUT2D eigenvalue weighted by atomic mass is 32.2. The molecular weight excluding hydrogens is 617 g/mol. The van der Waals surface area contributed by atoms with Crippen molar-refractivity contribution < 1.29 is 23.0 Å². The lowest BCUT2D eigenvalue weighted by Crippen LogP contribution is -2.38. The molecular formula is C37H36N2O5S2. The van der Waals surface area contributed by atoms with E-state index >= 15 is 0 Å². The fourth-order valence-electron chi connectivity index (χ4n) is 5.46. The number of aliphatic hydroxyl groups is 1. The van der Waals surface area contributed by atoms with Gasteiger partial charge >= 0.3 is 0 Å². The summed E-state index contributed by atoms with van der Waals surface area (Å²) in [6, 6.07) is 38.1. The van der Waals surface area contributed by atoms with Crippen LogP contribution in [0.3, 0.4) is 0 Å². The maximum Gasteiger partial charge on any atom is 0.240 e. The van der Waals surface area contributed by atoms with Gasteiger partial charge in [-0.1, -0.05) is 97.9 Å². The lowest BCUT2D eigenvalue weighted by atomic mass is 9.91. The predicted octanol–water partition coefficient (Wildman–Crippen LogP) is 7.30. The number of nitrogens with zero attached hydrogens (tertiary/aromatic N) is 1.